The van der Waals surface area contributed by atoms with E-state index in [0.29, 0.717) is 0 Å². The van der Waals surface area contributed by atoms with Crippen LogP contribution in [0.15, 0.2) is 24.5 Å². The summed E-state index contributed by atoms with van der Waals surface area (Å²) in [5, 5.41) is 3.20. The second kappa shape index (κ2) is 4.72. The van der Waals surface area contributed by atoms with Gasteiger partial charge in [0.05, 0.1) is 0 Å². The Labute approximate surface area is 107 Å². The second-order valence-corrected chi connectivity index (χ2v) is 4.51. The van der Waals surface area contributed by atoms with Gasteiger partial charge in [0.2, 0.25) is 0 Å². The minimum absolute atomic E-state index is 0.794. The summed E-state index contributed by atoms with van der Waals surface area (Å²) in [6.07, 6.45) is 8.16. The van der Waals surface area contributed by atoms with Crippen molar-refractivity contribution in [2.45, 2.75) is 25.7 Å². The lowest BCUT2D eigenvalue weighted by Gasteiger charge is -2.18. The van der Waals surface area contributed by atoms with E-state index in [1.54, 1.807) is 12.4 Å². The Morgan fingerprint density at radius 3 is 2.61 bits per heavy atom. The van der Waals surface area contributed by atoms with Gasteiger partial charge in [-0.2, -0.15) is 0 Å². The van der Waals surface area contributed by atoms with Crippen LogP contribution < -0.4 is 5.32 Å². The molecule has 0 aliphatic heterocycles. The quantitative estimate of drug-likeness (QED) is 0.876. The molecule has 18 heavy (non-hydrogen) atoms. The number of pyridine rings is 1. The number of nitrogens with one attached hydrogen (secondary N) is 1. The van der Waals surface area contributed by atoms with Gasteiger partial charge < -0.3 is 5.32 Å². The van der Waals surface area contributed by atoms with Gasteiger partial charge in [-0.05, 0) is 37.8 Å². The first-order valence-electron chi connectivity index (χ1n) is 6.36. The smallest absolute Gasteiger partial charge is 0.161 e. The molecule has 0 fully saturated rings. The Morgan fingerprint density at radius 1 is 1.06 bits per heavy atom. The molecule has 3 rings (SSSR count). The minimum Gasteiger partial charge on any atom is -0.373 e. The summed E-state index contributed by atoms with van der Waals surface area (Å²) in [4.78, 5) is 13.4. The predicted molar refractivity (Wildman–Crippen MR) is 71.5 cm³/mol. The van der Waals surface area contributed by atoms with Crippen LogP contribution in [0.2, 0.25) is 0 Å². The van der Waals surface area contributed by atoms with Gasteiger partial charge >= 0.3 is 0 Å². The Balaban J connectivity index is 2.12. The van der Waals surface area contributed by atoms with Crippen LogP contribution >= 0.6 is 0 Å². The maximum Gasteiger partial charge on any atom is 0.161 e. The average molecular weight is 240 g/mol. The van der Waals surface area contributed by atoms with Gasteiger partial charge in [0, 0.05) is 36.3 Å². The van der Waals surface area contributed by atoms with Crippen LogP contribution in [0, 0.1) is 0 Å². The number of aryl methyl sites for hydroxylation is 1. The van der Waals surface area contributed by atoms with E-state index < -0.39 is 0 Å². The Kier molecular flexibility index (Phi) is 2.92. The molecule has 0 aromatic carbocycles. The standard InChI is InChI=1S/C14H16N4/c1-15-14-11-4-2-3-5-12(11)17-13(18-14)10-6-8-16-9-7-10/h6-9H,2-5H2,1H3,(H,15,17,18). The first kappa shape index (κ1) is 11.1. The molecule has 2 heterocycles. The maximum atomic E-state index is 4.71. The molecule has 4 nitrogen and oxygen atoms in total. The van der Waals surface area contributed by atoms with Crippen molar-refractivity contribution in [3.8, 4) is 11.4 Å². The summed E-state index contributed by atoms with van der Waals surface area (Å²) in [6, 6.07) is 3.90. The average Bonchev–Trinajstić information content (AvgIpc) is 2.47. The van der Waals surface area contributed by atoms with Crippen molar-refractivity contribution in [3.05, 3.63) is 35.8 Å². The zero-order valence-corrected chi connectivity index (χ0v) is 10.5. The number of rotatable bonds is 2. The molecule has 0 amide bonds. The molecule has 2 aromatic rings. The first-order chi connectivity index (χ1) is 8.88. The van der Waals surface area contributed by atoms with E-state index in [0.717, 1.165) is 30.0 Å². The third-order valence-electron chi connectivity index (χ3n) is 3.36. The van der Waals surface area contributed by atoms with Crippen molar-refractivity contribution in [3.63, 3.8) is 0 Å². The highest BCUT2D eigenvalue weighted by Gasteiger charge is 2.17. The molecule has 1 aliphatic rings. The molecule has 0 atom stereocenters. The fourth-order valence-electron chi connectivity index (χ4n) is 2.43. The van der Waals surface area contributed by atoms with Crippen LogP contribution in [-0.4, -0.2) is 22.0 Å². The Bertz CT molecular complexity index is 534. The van der Waals surface area contributed by atoms with Gasteiger partial charge in [-0.25, -0.2) is 9.97 Å². The first-order valence-corrected chi connectivity index (χ1v) is 6.36. The number of fused-ring (bicyclic) bond motifs is 1. The second-order valence-electron chi connectivity index (χ2n) is 4.51. The third kappa shape index (κ3) is 1.94. The summed E-state index contributed by atoms with van der Waals surface area (Å²) in [5.41, 5.74) is 3.52. The molecular formula is C14H16N4. The van der Waals surface area contributed by atoms with Crippen LogP contribution in [-0.2, 0) is 12.8 Å². The molecule has 0 radical (unpaired) electrons. The van der Waals surface area contributed by atoms with Crippen molar-refractivity contribution in [2.75, 3.05) is 12.4 Å². The monoisotopic (exact) mass is 240 g/mol. The SMILES string of the molecule is CNc1nc(-c2ccncc2)nc2c1CCCC2. The number of nitrogens with zero attached hydrogens (tertiary/aromatic N) is 3. The van der Waals surface area contributed by atoms with E-state index in [9.17, 15) is 0 Å². The third-order valence-corrected chi connectivity index (χ3v) is 3.36. The number of hydrogen-bond acceptors (Lipinski definition) is 4. The lowest BCUT2D eigenvalue weighted by molar-refractivity contribution is 0.665. The number of aromatic nitrogens is 3. The fourth-order valence-corrected chi connectivity index (χ4v) is 2.43. The maximum absolute atomic E-state index is 4.71. The summed E-state index contributed by atoms with van der Waals surface area (Å²) >= 11 is 0. The van der Waals surface area contributed by atoms with Crippen molar-refractivity contribution >= 4 is 5.82 Å². The summed E-state index contributed by atoms with van der Waals surface area (Å²) in [7, 11) is 1.92. The molecule has 4 heteroatoms. The van der Waals surface area contributed by atoms with Gasteiger partial charge in [-0.15, -0.1) is 0 Å². The van der Waals surface area contributed by atoms with E-state index in [2.05, 4.69) is 15.3 Å². The summed E-state index contributed by atoms with van der Waals surface area (Å²) in [6.45, 7) is 0. The van der Waals surface area contributed by atoms with Crippen molar-refractivity contribution < 1.29 is 0 Å². The molecule has 1 aliphatic carbocycles. The van der Waals surface area contributed by atoms with E-state index in [1.807, 2.05) is 19.2 Å². The van der Waals surface area contributed by atoms with Crippen LogP contribution in [0.5, 0.6) is 0 Å². The van der Waals surface area contributed by atoms with E-state index in [1.165, 1.54) is 24.1 Å². The van der Waals surface area contributed by atoms with Crippen LogP contribution in [0.3, 0.4) is 0 Å². The molecule has 0 unspecified atom stereocenters. The van der Waals surface area contributed by atoms with Gasteiger partial charge in [0.15, 0.2) is 5.82 Å². The predicted octanol–water partition coefficient (Wildman–Crippen LogP) is 2.46. The van der Waals surface area contributed by atoms with Crippen molar-refractivity contribution in [1.82, 2.24) is 15.0 Å². The largest absolute Gasteiger partial charge is 0.373 e. The highest BCUT2D eigenvalue weighted by Crippen LogP contribution is 2.27. The minimum atomic E-state index is 0.794. The number of hydrogen-bond donors (Lipinski definition) is 1. The van der Waals surface area contributed by atoms with E-state index in [-0.39, 0.29) is 0 Å². The van der Waals surface area contributed by atoms with Crippen LogP contribution in [0.1, 0.15) is 24.1 Å². The zero-order valence-electron chi connectivity index (χ0n) is 10.5. The molecule has 2 aromatic heterocycles. The molecule has 92 valence electrons. The van der Waals surface area contributed by atoms with Gasteiger partial charge in [0.1, 0.15) is 5.82 Å². The molecule has 1 N–H and O–H groups in total. The van der Waals surface area contributed by atoms with Gasteiger partial charge in [-0.3, -0.25) is 4.98 Å². The Hall–Kier alpha value is -1.97. The molecule has 0 saturated heterocycles. The highest BCUT2D eigenvalue weighted by molar-refractivity contribution is 5.59. The zero-order chi connectivity index (χ0) is 12.4. The normalized spacial score (nSPS) is 14.1. The molecular weight excluding hydrogens is 224 g/mol. The molecule has 0 spiro atoms. The van der Waals surface area contributed by atoms with Crippen molar-refractivity contribution in [2.24, 2.45) is 0 Å². The molecule has 0 bridgehead atoms. The Morgan fingerprint density at radius 2 is 1.83 bits per heavy atom. The van der Waals surface area contributed by atoms with E-state index >= 15 is 0 Å². The van der Waals surface area contributed by atoms with Gasteiger partial charge in [-0.1, -0.05) is 0 Å². The topological polar surface area (TPSA) is 50.7 Å². The summed E-state index contributed by atoms with van der Waals surface area (Å²) < 4.78 is 0. The van der Waals surface area contributed by atoms with Gasteiger partial charge in [0.25, 0.3) is 0 Å². The molecule has 0 saturated carbocycles. The lowest BCUT2D eigenvalue weighted by Crippen LogP contribution is -2.11. The van der Waals surface area contributed by atoms with Crippen LogP contribution in [0.25, 0.3) is 11.4 Å². The van der Waals surface area contributed by atoms with E-state index in [4.69, 9.17) is 4.98 Å². The highest BCUT2D eigenvalue weighted by atomic mass is 15.0. The summed E-state index contributed by atoms with van der Waals surface area (Å²) in [5.74, 6) is 1.77. The number of anilines is 1. The lowest BCUT2D eigenvalue weighted by atomic mass is 9.96. The van der Waals surface area contributed by atoms with Crippen LogP contribution in [0.4, 0.5) is 5.82 Å². The fraction of sp³-hybridized carbons (Fsp3) is 0.357. The van der Waals surface area contributed by atoms with Crippen molar-refractivity contribution in [1.29, 1.82) is 0 Å².